The highest BCUT2D eigenvalue weighted by atomic mass is 16.9. The summed E-state index contributed by atoms with van der Waals surface area (Å²) in [6.45, 7) is 14.6. The van der Waals surface area contributed by atoms with Crippen LogP contribution in [-0.4, -0.2) is 51.2 Å². The minimum atomic E-state index is -1.02. The number of unbranched alkanes of at least 4 members (excludes halogenated alkanes) is 8. The predicted molar refractivity (Wildman–Crippen MR) is 141 cm³/mol. The van der Waals surface area contributed by atoms with Gasteiger partial charge in [-0.25, -0.2) is 0 Å². The lowest BCUT2D eigenvalue weighted by molar-refractivity contribution is -0.416. The van der Waals surface area contributed by atoms with E-state index in [1.165, 1.54) is 32.1 Å². The van der Waals surface area contributed by atoms with Crippen molar-refractivity contribution in [3.63, 3.8) is 0 Å². The smallest absolute Gasteiger partial charge is 0.288 e. The third kappa shape index (κ3) is 13.8. The molecule has 5 nitrogen and oxygen atoms in total. The molecule has 0 saturated carbocycles. The SMILES string of the molecule is CCCCCCCCC(C(CCC)OCC1CO1)C(OCCCC)(OCCCC)OCCCC. The zero-order valence-corrected chi connectivity index (χ0v) is 23.4. The van der Waals surface area contributed by atoms with Crippen molar-refractivity contribution in [2.45, 2.75) is 149 Å². The first kappa shape index (κ1) is 31.8. The third-order valence-electron chi connectivity index (χ3n) is 6.65. The van der Waals surface area contributed by atoms with Crippen molar-refractivity contribution >= 4 is 0 Å². The van der Waals surface area contributed by atoms with Gasteiger partial charge in [0, 0.05) is 0 Å². The molecular formula is C29H58O5. The molecule has 0 radical (unpaired) electrons. The Bertz CT molecular complexity index is 414. The van der Waals surface area contributed by atoms with Crippen LogP contribution in [0.15, 0.2) is 0 Å². The highest BCUT2D eigenvalue weighted by Gasteiger charge is 2.47. The molecule has 0 aromatic rings. The van der Waals surface area contributed by atoms with E-state index in [0.29, 0.717) is 26.4 Å². The van der Waals surface area contributed by atoms with Gasteiger partial charge in [-0.15, -0.1) is 0 Å². The zero-order valence-electron chi connectivity index (χ0n) is 23.4. The Morgan fingerprint density at radius 3 is 1.62 bits per heavy atom. The molecule has 0 aromatic heterocycles. The summed E-state index contributed by atoms with van der Waals surface area (Å²) in [5.41, 5.74) is 0. The molecule has 1 heterocycles. The average Bonchev–Trinajstić information content (AvgIpc) is 3.66. The molecule has 1 aliphatic heterocycles. The van der Waals surface area contributed by atoms with Gasteiger partial charge in [-0.1, -0.05) is 98.8 Å². The Hall–Kier alpha value is -0.200. The second kappa shape index (κ2) is 20.9. The van der Waals surface area contributed by atoms with Crippen LogP contribution in [-0.2, 0) is 23.7 Å². The van der Waals surface area contributed by atoms with E-state index in [1.54, 1.807) is 0 Å². The van der Waals surface area contributed by atoms with Gasteiger partial charge in [-0.3, -0.25) is 0 Å². The third-order valence-corrected chi connectivity index (χ3v) is 6.65. The molecule has 0 aromatic carbocycles. The minimum absolute atomic E-state index is 0.0507. The van der Waals surface area contributed by atoms with E-state index in [2.05, 4.69) is 34.6 Å². The second-order valence-corrected chi connectivity index (χ2v) is 9.99. The Kier molecular flexibility index (Phi) is 19.6. The van der Waals surface area contributed by atoms with E-state index in [1.807, 2.05) is 0 Å². The molecule has 1 rings (SSSR count). The maximum Gasteiger partial charge on any atom is 0.288 e. The van der Waals surface area contributed by atoms with Gasteiger partial charge in [0.25, 0.3) is 5.97 Å². The molecule has 0 spiro atoms. The van der Waals surface area contributed by atoms with Crippen molar-refractivity contribution in [3.8, 4) is 0 Å². The van der Waals surface area contributed by atoms with Gasteiger partial charge in [-0.05, 0) is 32.1 Å². The van der Waals surface area contributed by atoms with Gasteiger partial charge in [0.15, 0.2) is 0 Å². The molecule has 5 heteroatoms. The monoisotopic (exact) mass is 486 g/mol. The van der Waals surface area contributed by atoms with E-state index >= 15 is 0 Å². The van der Waals surface area contributed by atoms with Gasteiger partial charge in [0.05, 0.1) is 45.1 Å². The van der Waals surface area contributed by atoms with E-state index in [-0.39, 0.29) is 18.1 Å². The molecule has 0 N–H and O–H groups in total. The fourth-order valence-electron chi connectivity index (χ4n) is 4.34. The van der Waals surface area contributed by atoms with Crippen LogP contribution >= 0.6 is 0 Å². The molecule has 34 heavy (non-hydrogen) atoms. The summed E-state index contributed by atoms with van der Waals surface area (Å²) >= 11 is 0. The summed E-state index contributed by atoms with van der Waals surface area (Å²) in [6.07, 6.45) is 17.3. The standard InChI is InChI=1S/C29H58O5/c1-6-11-15-16-17-18-20-27(28(19-10-5)31-25-26-24-30-26)29(32-21-12-7-2,33-22-13-8-3)34-23-14-9-4/h26-28H,6-25H2,1-5H3. The Balaban J connectivity index is 3.10. The number of epoxide rings is 1. The molecule has 3 unspecified atom stereocenters. The van der Waals surface area contributed by atoms with Crippen LogP contribution in [0.5, 0.6) is 0 Å². The van der Waals surface area contributed by atoms with Crippen LogP contribution < -0.4 is 0 Å². The Morgan fingerprint density at radius 2 is 1.15 bits per heavy atom. The maximum absolute atomic E-state index is 6.62. The number of ether oxygens (including phenoxy) is 5. The predicted octanol–water partition coefficient (Wildman–Crippen LogP) is 8.04. The van der Waals surface area contributed by atoms with E-state index < -0.39 is 5.97 Å². The van der Waals surface area contributed by atoms with Gasteiger partial charge < -0.3 is 23.7 Å². The molecule has 0 bridgehead atoms. The fraction of sp³-hybridized carbons (Fsp3) is 1.00. The van der Waals surface area contributed by atoms with E-state index in [9.17, 15) is 0 Å². The maximum atomic E-state index is 6.62. The summed E-state index contributed by atoms with van der Waals surface area (Å²) < 4.78 is 31.8. The average molecular weight is 487 g/mol. The largest absolute Gasteiger partial charge is 0.375 e. The summed E-state index contributed by atoms with van der Waals surface area (Å²) in [7, 11) is 0. The lowest BCUT2D eigenvalue weighted by Gasteiger charge is -2.43. The van der Waals surface area contributed by atoms with Crippen LogP contribution in [0.2, 0.25) is 0 Å². The molecule has 1 fully saturated rings. The fourth-order valence-corrected chi connectivity index (χ4v) is 4.34. The molecule has 3 atom stereocenters. The molecule has 204 valence electrons. The van der Waals surface area contributed by atoms with E-state index in [0.717, 1.165) is 70.8 Å². The highest BCUT2D eigenvalue weighted by molar-refractivity contribution is 4.82. The van der Waals surface area contributed by atoms with Gasteiger partial charge >= 0.3 is 0 Å². The molecule has 1 aliphatic rings. The van der Waals surface area contributed by atoms with Gasteiger partial charge in [0.1, 0.15) is 6.10 Å². The summed E-state index contributed by atoms with van der Waals surface area (Å²) in [5, 5.41) is 0. The number of hydrogen-bond acceptors (Lipinski definition) is 5. The van der Waals surface area contributed by atoms with Gasteiger partial charge in [0.2, 0.25) is 0 Å². The zero-order chi connectivity index (χ0) is 24.9. The summed E-state index contributed by atoms with van der Waals surface area (Å²) in [5.74, 6) is -0.962. The molecular weight excluding hydrogens is 428 g/mol. The van der Waals surface area contributed by atoms with Gasteiger partial charge in [-0.2, -0.15) is 0 Å². The van der Waals surface area contributed by atoms with Crippen LogP contribution in [0.1, 0.15) is 131 Å². The van der Waals surface area contributed by atoms with Crippen LogP contribution in [0.4, 0.5) is 0 Å². The van der Waals surface area contributed by atoms with E-state index in [4.69, 9.17) is 23.7 Å². The lowest BCUT2D eigenvalue weighted by Crippen LogP contribution is -2.52. The number of rotatable bonds is 26. The highest BCUT2D eigenvalue weighted by Crippen LogP contribution is 2.37. The van der Waals surface area contributed by atoms with Crippen molar-refractivity contribution in [1.29, 1.82) is 0 Å². The summed E-state index contributed by atoms with van der Waals surface area (Å²) in [6, 6.07) is 0. The van der Waals surface area contributed by atoms with Crippen molar-refractivity contribution in [2.75, 3.05) is 33.0 Å². The second-order valence-electron chi connectivity index (χ2n) is 9.99. The Labute approximate surface area is 212 Å². The normalized spacial score (nSPS) is 17.7. The van der Waals surface area contributed by atoms with Crippen LogP contribution in [0.3, 0.4) is 0 Å². The topological polar surface area (TPSA) is 49.5 Å². The minimum Gasteiger partial charge on any atom is -0.375 e. The quantitative estimate of drug-likeness (QED) is 0.0703. The molecule has 1 saturated heterocycles. The van der Waals surface area contributed by atoms with Crippen LogP contribution in [0.25, 0.3) is 0 Å². The number of hydrogen-bond donors (Lipinski definition) is 0. The first-order valence-electron chi connectivity index (χ1n) is 14.8. The van der Waals surface area contributed by atoms with Crippen molar-refractivity contribution < 1.29 is 23.7 Å². The lowest BCUT2D eigenvalue weighted by atomic mass is 9.89. The van der Waals surface area contributed by atoms with Crippen molar-refractivity contribution in [3.05, 3.63) is 0 Å². The molecule has 0 amide bonds. The summed E-state index contributed by atoms with van der Waals surface area (Å²) in [4.78, 5) is 0. The van der Waals surface area contributed by atoms with Crippen molar-refractivity contribution in [1.82, 2.24) is 0 Å². The first-order chi connectivity index (χ1) is 16.7. The first-order valence-corrected chi connectivity index (χ1v) is 14.8. The molecule has 0 aliphatic carbocycles. The Morgan fingerprint density at radius 1 is 0.647 bits per heavy atom. The van der Waals surface area contributed by atoms with Crippen LogP contribution in [0, 0.1) is 5.92 Å². The van der Waals surface area contributed by atoms with Crippen molar-refractivity contribution in [2.24, 2.45) is 5.92 Å².